The number of aryl methyl sites for hydroxylation is 1. The third kappa shape index (κ3) is 2.15. The highest BCUT2D eigenvalue weighted by Crippen LogP contribution is 2.20. The number of aromatic amines is 1. The van der Waals surface area contributed by atoms with Crippen molar-refractivity contribution < 1.29 is 9.21 Å². The molecule has 1 amide bonds. The quantitative estimate of drug-likeness (QED) is 0.729. The Kier molecular flexibility index (Phi) is 2.67. The molecule has 2 N–H and O–H groups in total. The standard InChI is InChI=1S/C11H10N6O2/c1-2-9-13-7-5-6(3-4-8(7)19-9)12-11(18)10-14-16-17-15-10/h3-5H,2H2,1H3,(H,12,18)(H,14,15,16,17). The topological polar surface area (TPSA) is 110 Å². The van der Waals surface area contributed by atoms with E-state index in [0.29, 0.717) is 22.7 Å². The molecule has 0 unspecified atom stereocenters. The lowest BCUT2D eigenvalue weighted by atomic mass is 10.3. The molecule has 0 fully saturated rings. The number of fused-ring (bicyclic) bond motifs is 1. The van der Waals surface area contributed by atoms with Crippen LogP contribution in [0, 0.1) is 0 Å². The summed E-state index contributed by atoms with van der Waals surface area (Å²) in [5, 5.41) is 15.4. The number of tetrazole rings is 1. The fourth-order valence-corrected chi connectivity index (χ4v) is 1.65. The minimum Gasteiger partial charge on any atom is -0.441 e. The van der Waals surface area contributed by atoms with E-state index in [-0.39, 0.29) is 5.82 Å². The molecular formula is C11H10N6O2. The van der Waals surface area contributed by atoms with Crippen molar-refractivity contribution in [2.75, 3.05) is 5.32 Å². The molecule has 96 valence electrons. The Labute approximate surface area is 107 Å². The number of nitrogens with one attached hydrogen (secondary N) is 2. The van der Waals surface area contributed by atoms with E-state index in [1.807, 2.05) is 6.92 Å². The van der Waals surface area contributed by atoms with Crippen LogP contribution in [-0.2, 0) is 6.42 Å². The maximum atomic E-state index is 11.7. The molecule has 0 saturated heterocycles. The SMILES string of the molecule is CCc1nc2cc(NC(=O)c3nn[nH]n3)ccc2o1. The molecule has 0 atom stereocenters. The highest BCUT2D eigenvalue weighted by Gasteiger charge is 2.12. The van der Waals surface area contributed by atoms with Gasteiger partial charge in [-0.05, 0) is 23.4 Å². The molecule has 0 aliphatic rings. The Bertz CT molecular complexity index is 718. The van der Waals surface area contributed by atoms with Crippen molar-refractivity contribution in [2.45, 2.75) is 13.3 Å². The van der Waals surface area contributed by atoms with Gasteiger partial charge in [-0.15, -0.1) is 10.2 Å². The molecule has 1 aromatic carbocycles. The molecule has 8 heteroatoms. The molecule has 0 aliphatic carbocycles. The van der Waals surface area contributed by atoms with Crippen molar-refractivity contribution in [1.29, 1.82) is 0 Å². The number of oxazole rings is 1. The van der Waals surface area contributed by atoms with E-state index in [9.17, 15) is 4.79 Å². The molecule has 19 heavy (non-hydrogen) atoms. The van der Waals surface area contributed by atoms with Gasteiger partial charge in [0.25, 0.3) is 11.7 Å². The number of rotatable bonds is 3. The first-order valence-electron chi connectivity index (χ1n) is 5.70. The van der Waals surface area contributed by atoms with E-state index in [2.05, 4.69) is 30.9 Å². The number of hydrogen-bond acceptors (Lipinski definition) is 6. The number of anilines is 1. The Morgan fingerprint density at radius 3 is 3.11 bits per heavy atom. The van der Waals surface area contributed by atoms with Crippen LogP contribution in [0.3, 0.4) is 0 Å². The summed E-state index contributed by atoms with van der Waals surface area (Å²) in [6.07, 6.45) is 0.721. The van der Waals surface area contributed by atoms with Crippen LogP contribution in [0.15, 0.2) is 22.6 Å². The highest BCUT2D eigenvalue weighted by molar-refractivity contribution is 6.02. The van der Waals surface area contributed by atoms with Gasteiger partial charge in [0, 0.05) is 12.1 Å². The predicted octanol–water partition coefficient (Wildman–Crippen LogP) is 1.16. The van der Waals surface area contributed by atoms with Crippen molar-refractivity contribution in [3.8, 4) is 0 Å². The first kappa shape index (κ1) is 11.3. The summed E-state index contributed by atoms with van der Waals surface area (Å²) in [5.74, 6) is 0.207. The maximum Gasteiger partial charge on any atom is 0.297 e. The number of carbonyl (C=O) groups excluding carboxylic acids is 1. The van der Waals surface area contributed by atoms with Crippen molar-refractivity contribution >= 4 is 22.7 Å². The van der Waals surface area contributed by atoms with E-state index in [1.54, 1.807) is 18.2 Å². The summed E-state index contributed by atoms with van der Waals surface area (Å²) in [5.41, 5.74) is 1.98. The van der Waals surface area contributed by atoms with Gasteiger partial charge in [-0.3, -0.25) is 4.79 Å². The molecule has 8 nitrogen and oxygen atoms in total. The third-order valence-electron chi connectivity index (χ3n) is 2.54. The highest BCUT2D eigenvalue weighted by atomic mass is 16.3. The zero-order chi connectivity index (χ0) is 13.2. The summed E-state index contributed by atoms with van der Waals surface area (Å²) in [6.45, 7) is 1.96. The molecule has 0 saturated carbocycles. The Morgan fingerprint density at radius 1 is 1.47 bits per heavy atom. The largest absolute Gasteiger partial charge is 0.441 e. The molecule has 3 aromatic rings. The van der Waals surface area contributed by atoms with E-state index in [0.717, 1.165) is 6.42 Å². The average molecular weight is 258 g/mol. The first-order chi connectivity index (χ1) is 9.26. The van der Waals surface area contributed by atoms with Gasteiger partial charge >= 0.3 is 0 Å². The smallest absolute Gasteiger partial charge is 0.297 e. The number of benzene rings is 1. The minimum absolute atomic E-state index is 0.0190. The molecule has 0 radical (unpaired) electrons. The van der Waals surface area contributed by atoms with Gasteiger partial charge < -0.3 is 9.73 Å². The predicted molar refractivity (Wildman–Crippen MR) is 65.5 cm³/mol. The molecule has 0 aliphatic heterocycles. The monoisotopic (exact) mass is 258 g/mol. The van der Waals surface area contributed by atoms with Crippen LogP contribution in [0.2, 0.25) is 0 Å². The van der Waals surface area contributed by atoms with E-state index in [1.165, 1.54) is 0 Å². The zero-order valence-corrected chi connectivity index (χ0v) is 10.0. The number of carbonyl (C=O) groups is 1. The lowest BCUT2D eigenvalue weighted by Gasteiger charge is -2.00. The van der Waals surface area contributed by atoms with Gasteiger partial charge in [0.2, 0.25) is 0 Å². The Balaban J connectivity index is 1.87. The van der Waals surface area contributed by atoms with E-state index < -0.39 is 5.91 Å². The summed E-state index contributed by atoms with van der Waals surface area (Å²) < 4.78 is 5.49. The molecule has 2 heterocycles. The fourth-order valence-electron chi connectivity index (χ4n) is 1.65. The van der Waals surface area contributed by atoms with E-state index >= 15 is 0 Å². The van der Waals surface area contributed by atoms with Crippen LogP contribution >= 0.6 is 0 Å². The minimum atomic E-state index is -0.438. The van der Waals surface area contributed by atoms with Gasteiger partial charge in [-0.25, -0.2) is 4.98 Å². The lowest BCUT2D eigenvalue weighted by molar-refractivity contribution is 0.101. The molecular weight excluding hydrogens is 248 g/mol. The number of hydrogen-bond donors (Lipinski definition) is 2. The second-order valence-corrected chi connectivity index (χ2v) is 3.83. The summed E-state index contributed by atoms with van der Waals surface area (Å²) in [6, 6.07) is 5.22. The normalized spacial score (nSPS) is 10.8. The van der Waals surface area contributed by atoms with Crippen molar-refractivity contribution in [3.05, 3.63) is 29.9 Å². The number of H-pyrrole nitrogens is 1. The summed E-state index contributed by atoms with van der Waals surface area (Å²) in [7, 11) is 0. The molecule has 0 bridgehead atoms. The maximum absolute atomic E-state index is 11.7. The van der Waals surface area contributed by atoms with Crippen LogP contribution in [0.4, 0.5) is 5.69 Å². The van der Waals surface area contributed by atoms with Crippen LogP contribution in [-0.4, -0.2) is 31.5 Å². The van der Waals surface area contributed by atoms with Gasteiger partial charge in [0.1, 0.15) is 5.52 Å². The van der Waals surface area contributed by atoms with Gasteiger partial charge in [0.05, 0.1) is 0 Å². The Hall–Kier alpha value is -2.77. The van der Waals surface area contributed by atoms with Gasteiger partial charge in [-0.1, -0.05) is 6.92 Å². The van der Waals surface area contributed by atoms with Crippen LogP contribution < -0.4 is 5.32 Å². The first-order valence-corrected chi connectivity index (χ1v) is 5.70. The number of amides is 1. The number of nitrogens with zero attached hydrogens (tertiary/aromatic N) is 4. The van der Waals surface area contributed by atoms with Gasteiger partial charge in [0.15, 0.2) is 11.5 Å². The second kappa shape index (κ2) is 4.48. The van der Waals surface area contributed by atoms with Crippen LogP contribution in [0.1, 0.15) is 23.4 Å². The van der Waals surface area contributed by atoms with Crippen LogP contribution in [0.25, 0.3) is 11.1 Å². The van der Waals surface area contributed by atoms with Crippen molar-refractivity contribution in [3.63, 3.8) is 0 Å². The molecule has 0 spiro atoms. The van der Waals surface area contributed by atoms with E-state index in [4.69, 9.17) is 4.42 Å². The summed E-state index contributed by atoms with van der Waals surface area (Å²) in [4.78, 5) is 16.0. The number of aromatic nitrogens is 5. The van der Waals surface area contributed by atoms with Gasteiger partial charge in [-0.2, -0.15) is 5.21 Å². The summed E-state index contributed by atoms with van der Waals surface area (Å²) >= 11 is 0. The third-order valence-corrected chi connectivity index (χ3v) is 2.54. The average Bonchev–Trinajstić information content (AvgIpc) is 3.07. The van der Waals surface area contributed by atoms with Crippen LogP contribution in [0.5, 0.6) is 0 Å². The fraction of sp³-hybridized carbons (Fsp3) is 0.182. The lowest BCUT2D eigenvalue weighted by Crippen LogP contribution is -2.13. The Morgan fingerprint density at radius 2 is 2.37 bits per heavy atom. The van der Waals surface area contributed by atoms with Crippen molar-refractivity contribution in [1.82, 2.24) is 25.6 Å². The second-order valence-electron chi connectivity index (χ2n) is 3.83. The molecule has 2 aromatic heterocycles. The van der Waals surface area contributed by atoms with Crippen molar-refractivity contribution in [2.24, 2.45) is 0 Å². The zero-order valence-electron chi connectivity index (χ0n) is 10.0. The molecule has 3 rings (SSSR count).